The number of hydrogen-bond donors (Lipinski definition) is 0. The van der Waals surface area contributed by atoms with Crippen LogP contribution in [0.2, 0.25) is 6.04 Å². The monoisotopic (exact) mass is 288 g/mol. The van der Waals surface area contributed by atoms with Crippen molar-refractivity contribution in [3.8, 4) is 0 Å². The quantitative estimate of drug-likeness (QED) is 0.258. The van der Waals surface area contributed by atoms with Gasteiger partial charge in [-0.2, -0.15) is 0 Å². The second kappa shape index (κ2) is 7.39. The minimum atomic E-state index is -2.34. The Morgan fingerprint density at radius 2 is 1.47 bits per heavy atom. The second-order valence-corrected chi connectivity index (χ2v) is 13.5. The van der Waals surface area contributed by atoms with Crippen molar-refractivity contribution in [2.24, 2.45) is 0 Å². The normalized spacial score (nSPS) is 20.6. The van der Waals surface area contributed by atoms with Crippen molar-refractivity contribution in [1.29, 1.82) is 0 Å². The van der Waals surface area contributed by atoms with Crippen molar-refractivity contribution in [3.05, 3.63) is 0 Å². The molecule has 1 heterocycles. The minimum Gasteiger partial charge on any atom is -0.373 e. The van der Waals surface area contributed by atoms with Crippen LogP contribution in [-0.2, 0) is 4.74 Å². The second-order valence-electron chi connectivity index (χ2n) is 4.23. The van der Waals surface area contributed by atoms with Crippen molar-refractivity contribution in [3.63, 3.8) is 0 Å². The largest absolute Gasteiger partial charge is 0.373 e. The van der Waals surface area contributed by atoms with Gasteiger partial charge in [-0.3, -0.25) is 0 Å². The van der Waals surface area contributed by atoms with E-state index in [-0.39, 0.29) is 0 Å². The zero-order chi connectivity index (χ0) is 11.1. The van der Waals surface area contributed by atoms with E-state index < -0.39 is 6.00 Å². The van der Waals surface area contributed by atoms with Crippen LogP contribution in [0.5, 0.6) is 0 Å². The Hall–Kier alpha value is 1.05. The molecule has 15 heavy (non-hydrogen) atoms. The molecule has 1 atom stereocenters. The Morgan fingerprint density at radius 3 is 2.00 bits per heavy atom. The molecule has 0 saturated carbocycles. The van der Waals surface area contributed by atoms with E-state index in [2.05, 4.69) is 0 Å². The van der Waals surface area contributed by atoms with Crippen molar-refractivity contribution in [2.45, 2.75) is 57.1 Å². The van der Waals surface area contributed by atoms with Crippen LogP contribution in [0.1, 0.15) is 44.9 Å². The summed E-state index contributed by atoms with van der Waals surface area (Å²) in [6, 6.07) is -1.53. The zero-order valence-electron chi connectivity index (χ0n) is 8.98. The van der Waals surface area contributed by atoms with Gasteiger partial charge in [0.25, 0.3) is 0 Å². The maximum atomic E-state index is 5.79. The van der Waals surface area contributed by atoms with Crippen molar-refractivity contribution < 1.29 is 4.74 Å². The minimum absolute atomic E-state index is 0.598. The standard InChI is InChI=1S/C10H19Cl3OSi/c11-15(12,13)8-6-4-2-1-3-5-7-10-9-14-10/h10H,1-9H2. The predicted molar refractivity (Wildman–Crippen MR) is 70.2 cm³/mol. The number of epoxide rings is 1. The highest BCUT2D eigenvalue weighted by Gasteiger charge is 2.23. The van der Waals surface area contributed by atoms with E-state index in [0.29, 0.717) is 6.10 Å². The Balaban J connectivity index is 1.72. The van der Waals surface area contributed by atoms with E-state index in [4.69, 9.17) is 38.0 Å². The maximum absolute atomic E-state index is 5.79. The summed E-state index contributed by atoms with van der Waals surface area (Å²) < 4.78 is 5.15. The van der Waals surface area contributed by atoms with Gasteiger partial charge >= 0.3 is 6.00 Å². The van der Waals surface area contributed by atoms with E-state index in [9.17, 15) is 0 Å². The number of halogens is 3. The first-order chi connectivity index (χ1) is 7.08. The smallest absolute Gasteiger partial charge is 0.341 e. The molecule has 0 N–H and O–H groups in total. The first kappa shape index (κ1) is 14.1. The van der Waals surface area contributed by atoms with Gasteiger partial charge < -0.3 is 4.74 Å². The molecule has 1 aliphatic rings. The van der Waals surface area contributed by atoms with Crippen LogP contribution in [0.15, 0.2) is 0 Å². The average Bonchev–Trinajstić information content (AvgIpc) is 2.91. The van der Waals surface area contributed by atoms with E-state index in [1.807, 2.05) is 0 Å². The lowest BCUT2D eigenvalue weighted by Crippen LogP contribution is -2.07. The van der Waals surface area contributed by atoms with Gasteiger partial charge in [-0.15, -0.1) is 33.2 Å². The van der Waals surface area contributed by atoms with Crippen LogP contribution >= 0.6 is 33.2 Å². The molecule has 1 aliphatic heterocycles. The maximum Gasteiger partial charge on any atom is 0.341 e. The summed E-state index contributed by atoms with van der Waals surface area (Å²) >= 11 is 17.4. The highest BCUT2D eigenvalue weighted by atomic mass is 35.8. The van der Waals surface area contributed by atoms with E-state index in [1.165, 1.54) is 38.5 Å². The van der Waals surface area contributed by atoms with Crippen LogP contribution < -0.4 is 0 Å². The van der Waals surface area contributed by atoms with Crippen LogP contribution in [-0.4, -0.2) is 18.7 Å². The zero-order valence-corrected chi connectivity index (χ0v) is 12.3. The van der Waals surface area contributed by atoms with Gasteiger partial charge in [-0.25, -0.2) is 0 Å². The van der Waals surface area contributed by atoms with Crippen LogP contribution in [0, 0.1) is 0 Å². The molecule has 1 unspecified atom stereocenters. The molecular weight excluding hydrogens is 271 g/mol. The van der Waals surface area contributed by atoms with Gasteiger partial charge in [0.05, 0.1) is 12.7 Å². The summed E-state index contributed by atoms with van der Waals surface area (Å²) in [5, 5.41) is 0. The van der Waals surface area contributed by atoms with Crippen molar-refractivity contribution in [2.75, 3.05) is 6.61 Å². The summed E-state index contributed by atoms with van der Waals surface area (Å²) in [6.45, 7) is 0.994. The van der Waals surface area contributed by atoms with Crippen LogP contribution in [0.3, 0.4) is 0 Å². The summed E-state index contributed by atoms with van der Waals surface area (Å²) in [5.41, 5.74) is 0. The SMILES string of the molecule is Cl[Si](Cl)(Cl)CCCCCCCCC1CO1. The van der Waals surface area contributed by atoms with E-state index >= 15 is 0 Å². The fourth-order valence-electron chi connectivity index (χ4n) is 1.64. The molecule has 0 radical (unpaired) electrons. The number of unbranched alkanes of at least 4 members (excludes halogenated alkanes) is 5. The lowest BCUT2D eigenvalue weighted by molar-refractivity contribution is 0.387. The van der Waals surface area contributed by atoms with Gasteiger partial charge in [-0.1, -0.05) is 38.5 Å². The molecule has 1 rings (SSSR count). The fourth-order valence-corrected chi connectivity index (χ4v) is 3.49. The Labute approximate surface area is 108 Å². The summed E-state index contributed by atoms with van der Waals surface area (Å²) in [6.07, 6.45) is 9.36. The highest BCUT2D eigenvalue weighted by Crippen LogP contribution is 2.27. The van der Waals surface area contributed by atoms with Gasteiger partial charge in [0.15, 0.2) is 0 Å². The molecule has 0 aromatic carbocycles. The summed E-state index contributed by atoms with van der Waals surface area (Å²) in [4.78, 5) is 0. The topological polar surface area (TPSA) is 12.5 Å². The Morgan fingerprint density at radius 1 is 0.933 bits per heavy atom. The first-order valence-corrected chi connectivity index (χ1v) is 11.0. The molecule has 0 aromatic heterocycles. The lowest BCUT2D eigenvalue weighted by Gasteiger charge is -2.06. The number of rotatable bonds is 9. The molecule has 1 nitrogen and oxygen atoms in total. The lowest BCUT2D eigenvalue weighted by atomic mass is 10.1. The Bertz CT molecular complexity index is 169. The Kier molecular flexibility index (Phi) is 6.95. The molecule has 1 saturated heterocycles. The third-order valence-corrected chi connectivity index (χ3v) is 5.26. The fraction of sp³-hybridized carbons (Fsp3) is 1.00. The molecule has 0 aromatic rings. The summed E-state index contributed by atoms with van der Waals surface area (Å²) in [5.74, 6) is 0. The third kappa shape index (κ3) is 9.95. The van der Waals surface area contributed by atoms with E-state index in [0.717, 1.165) is 19.1 Å². The molecule has 0 bridgehead atoms. The average molecular weight is 290 g/mol. The molecular formula is C10H19Cl3OSi. The number of ether oxygens (including phenoxy) is 1. The molecule has 90 valence electrons. The molecule has 0 spiro atoms. The molecule has 1 fully saturated rings. The third-order valence-electron chi connectivity index (χ3n) is 2.64. The van der Waals surface area contributed by atoms with Crippen molar-refractivity contribution >= 4 is 39.2 Å². The van der Waals surface area contributed by atoms with Gasteiger partial charge in [0.2, 0.25) is 0 Å². The highest BCUT2D eigenvalue weighted by molar-refractivity contribution is 7.64. The summed E-state index contributed by atoms with van der Waals surface area (Å²) in [7, 11) is 0. The molecule has 0 amide bonds. The first-order valence-electron chi connectivity index (χ1n) is 5.76. The van der Waals surface area contributed by atoms with E-state index in [1.54, 1.807) is 0 Å². The molecule has 0 aliphatic carbocycles. The van der Waals surface area contributed by atoms with Gasteiger partial charge in [0.1, 0.15) is 0 Å². The predicted octanol–water partition coefficient (Wildman–Crippen LogP) is 4.77. The van der Waals surface area contributed by atoms with Crippen LogP contribution in [0.25, 0.3) is 0 Å². The van der Waals surface area contributed by atoms with Crippen LogP contribution in [0.4, 0.5) is 0 Å². The molecule has 5 heteroatoms. The number of hydrogen-bond acceptors (Lipinski definition) is 1. The van der Waals surface area contributed by atoms with Gasteiger partial charge in [0, 0.05) is 0 Å². The van der Waals surface area contributed by atoms with Crippen molar-refractivity contribution in [1.82, 2.24) is 0 Å². The van der Waals surface area contributed by atoms with Gasteiger partial charge in [-0.05, 0) is 12.5 Å².